The normalized spacial score (nSPS) is 21.4. The van der Waals surface area contributed by atoms with Gasteiger partial charge in [-0.15, -0.1) is 0 Å². The lowest BCUT2D eigenvalue weighted by molar-refractivity contribution is -0.121. The Labute approximate surface area is 170 Å². The Morgan fingerprint density at radius 2 is 1.83 bits per heavy atom. The average molecular weight is 394 g/mol. The summed E-state index contributed by atoms with van der Waals surface area (Å²) in [4.78, 5) is 41.1. The number of fused-ring (bicyclic) bond motifs is 1. The van der Waals surface area contributed by atoms with Gasteiger partial charge in [-0.3, -0.25) is 14.4 Å². The van der Waals surface area contributed by atoms with Gasteiger partial charge in [0.2, 0.25) is 0 Å². The van der Waals surface area contributed by atoms with Crippen molar-refractivity contribution in [1.82, 2.24) is 10.2 Å². The van der Waals surface area contributed by atoms with Crippen molar-refractivity contribution in [3.8, 4) is 0 Å². The van der Waals surface area contributed by atoms with E-state index < -0.39 is 6.10 Å². The third-order valence-electron chi connectivity index (χ3n) is 5.75. The Balaban J connectivity index is 1.57. The summed E-state index contributed by atoms with van der Waals surface area (Å²) in [5.74, 6) is -0.625. The molecule has 1 fully saturated rings. The molecule has 6 nitrogen and oxygen atoms in total. The Hall–Kier alpha value is -2.73. The van der Waals surface area contributed by atoms with Crippen LogP contribution in [0.25, 0.3) is 0 Å². The number of ketones is 2. The van der Waals surface area contributed by atoms with Crippen molar-refractivity contribution in [2.24, 2.45) is 0 Å². The van der Waals surface area contributed by atoms with Crippen LogP contribution >= 0.6 is 0 Å². The molecule has 1 atom stereocenters. The zero-order valence-corrected chi connectivity index (χ0v) is 16.7. The standard InChI is InChI=1S/C23H26N2O4/c1-2-7-18-20-17(21(26)15-8-3-4-9-16(15)22(20)27)14-19(29-18)23(28)24-10-13-25-11-5-6-12-25/h3-4,8-9,14,18H,2,5-7,10-13H2,1H3,(H,24,28). The number of nitrogens with one attached hydrogen (secondary N) is 1. The third-order valence-corrected chi connectivity index (χ3v) is 5.75. The second-order valence-electron chi connectivity index (χ2n) is 7.74. The molecule has 0 radical (unpaired) electrons. The van der Waals surface area contributed by atoms with Crippen molar-refractivity contribution in [3.05, 3.63) is 58.4 Å². The smallest absolute Gasteiger partial charge is 0.286 e. The molecule has 29 heavy (non-hydrogen) atoms. The first kappa shape index (κ1) is 19.6. The molecule has 0 saturated carbocycles. The van der Waals surface area contributed by atoms with Crippen LogP contribution in [0.5, 0.6) is 0 Å². The zero-order chi connectivity index (χ0) is 20.4. The van der Waals surface area contributed by atoms with Crippen LogP contribution in [0.15, 0.2) is 47.2 Å². The quantitative estimate of drug-likeness (QED) is 0.803. The average Bonchev–Trinajstić information content (AvgIpc) is 3.25. The molecular formula is C23H26N2O4. The fraction of sp³-hybridized carbons (Fsp3) is 0.435. The number of nitrogens with zero attached hydrogens (tertiary/aromatic N) is 1. The van der Waals surface area contributed by atoms with E-state index in [1.807, 2.05) is 6.92 Å². The largest absolute Gasteiger partial charge is 0.480 e. The van der Waals surface area contributed by atoms with E-state index in [2.05, 4.69) is 10.2 Å². The Morgan fingerprint density at radius 3 is 2.52 bits per heavy atom. The van der Waals surface area contributed by atoms with E-state index in [9.17, 15) is 14.4 Å². The van der Waals surface area contributed by atoms with Crippen LogP contribution in [0.2, 0.25) is 0 Å². The summed E-state index contributed by atoms with van der Waals surface area (Å²) in [6, 6.07) is 6.83. The minimum absolute atomic E-state index is 0.115. The van der Waals surface area contributed by atoms with Gasteiger partial charge in [0, 0.05) is 29.8 Å². The third kappa shape index (κ3) is 3.77. The van der Waals surface area contributed by atoms with Crippen molar-refractivity contribution < 1.29 is 19.1 Å². The number of allylic oxidation sites excluding steroid dienone is 2. The van der Waals surface area contributed by atoms with Crippen LogP contribution < -0.4 is 5.32 Å². The summed E-state index contributed by atoms with van der Waals surface area (Å²) in [7, 11) is 0. The van der Waals surface area contributed by atoms with Crippen LogP contribution in [0, 0.1) is 0 Å². The summed E-state index contributed by atoms with van der Waals surface area (Å²) in [6.45, 7) is 5.45. The predicted octanol–water partition coefficient (Wildman–Crippen LogP) is 2.66. The van der Waals surface area contributed by atoms with Gasteiger partial charge < -0.3 is 15.0 Å². The number of ether oxygens (including phenoxy) is 1. The summed E-state index contributed by atoms with van der Waals surface area (Å²) in [5, 5.41) is 2.89. The molecule has 2 aliphatic heterocycles. The minimum Gasteiger partial charge on any atom is -0.480 e. The molecule has 1 N–H and O–H groups in total. The maximum Gasteiger partial charge on any atom is 0.286 e. The van der Waals surface area contributed by atoms with E-state index in [1.54, 1.807) is 24.3 Å². The molecule has 1 aromatic carbocycles. The lowest BCUT2D eigenvalue weighted by atomic mass is 9.79. The number of likely N-dealkylation sites (tertiary alicyclic amines) is 1. The molecule has 1 amide bonds. The summed E-state index contributed by atoms with van der Waals surface area (Å²) in [6.07, 6.45) is 4.62. The Bertz CT molecular complexity index is 909. The van der Waals surface area contributed by atoms with E-state index >= 15 is 0 Å². The van der Waals surface area contributed by atoms with Gasteiger partial charge in [-0.05, 0) is 38.4 Å². The number of benzene rings is 1. The van der Waals surface area contributed by atoms with E-state index in [-0.39, 0.29) is 23.2 Å². The fourth-order valence-electron chi connectivity index (χ4n) is 4.26. The van der Waals surface area contributed by atoms with Crippen molar-refractivity contribution in [1.29, 1.82) is 0 Å². The summed E-state index contributed by atoms with van der Waals surface area (Å²) in [5.41, 5.74) is 1.47. The van der Waals surface area contributed by atoms with Gasteiger partial charge in [-0.25, -0.2) is 0 Å². The molecule has 1 unspecified atom stereocenters. The van der Waals surface area contributed by atoms with Crippen molar-refractivity contribution in [3.63, 3.8) is 0 Å². The molecule has 152 valence electrons. The first-order chi connectivity index (χ1) is 14.1. The summed E-state index contributed by atoms with van der Waals surface area (Å²) < 4.78 is 5.92. The molecule has 1 aliphatic carbocycles. The molecule has 0 spiro atoms. The molecule has 4 rings (SSSR count). The van der Waals surface area contributed by atoms with Gasteiger partial charge in [0.15, 0.2) is 17.3 Å². The molecular weight excluding hydrogens is 368 g/mol. The highest BCUT2D eigenvalue weighted by molar-refractivity contribution is 6.28. The zero-order valence-electron chi connectivity index (χ0n) is 16.7. The van der Waals surface area contributed by atoms with Gasteiger partial charge in [0.05, 0.1) is 5.57 Å². The first-order valence-corrected chi connectivity index (χ1v) is 10.4. The molecule has 1 saturated heterocycles. The lowest BCUT2D eigenvalue weighted by Crippen LogP contribution is -2.38. The van der Waals surface area contributed by atoms with Crippen molar-refractivity contribution >= 4 is 17.5 Å². The lowest BCUT2D eigenvalue weighted by Gasteiger charge is -2.30. The number of rotatable bonds is 6. The topological polar surface area (TPSA) is 75.7 Å². The van der Waals surface area contributed by atoms with Crippen LogP contribution in [-0.4, -0.2) is 54.7 Å². The summed E-state index contributed by atoms with van der Waals surface area (Å²) >= 11 is 0. The fourth-order valence-corrected chi connectivity index (χ4v) is 4.26. The molecule has 6 heteroatoms. The Morgan fingerprint density at radius 1 is 1.14 bits per heavy atom. The van der Waals surface area contributed by atoms with Crippen LogP contribution in [0.1, 0.15) is 53.3 Å². The number of carbonyl (C=O) groups is 3. The number of hydrogen-bond donors (Lipinski definition) is 1. The van der Waals surface area contributed by atoms with Gasteiger partial charge in [0.25, 0.3) is 5.91 Å². The number of carbonyl (C=O) groups excluding carboxylic acids is 3. The molecule has 1 aromatic rings. The van der Waals surface area contributed by atoms with E-state index in [0.29, 0.717) is 35.2 Å². The Kier molecular flexibility index (Phi) is 5.62. The van der Waals surface area contributed by atoms with Crippen LogP contribution in [-0.2, 0) is 9.53 Å². The van der Waals surface area contributed by atoms with Gasteiger partial charge in [-0.2, -0.15) is 0 Å². The number of hydrogen-bond acceptors (Lipinski definition) is 5. The van der Waals surface area contributed by atoms with Crippen LogP contribution in [0.3, 0.4) is 0 Å². The SMILES string of the molecule is CCCC1OC(C(=O)NCCN2CCCC2)=CC2=C1C(=O)c1ccccc1C2=O. The second kappa shape index (κ2) is 8.33. The first-order valence-electron chi connectivity index (χ1n) is 10.4. The molecule has 0 aromatic heterocycles. The van der Waals surface area contributed by atoms with Crippen molar-refractivity contribution in [2.75, 3.05) is 26.2 Å². The van der Waals surface area contributed by atoms with Gasteiger partial charge in [0.1, 0.15) is 6.10 Å². The number of amides is 1. The van der Waals surface area contributed by atoms with E-state index in [4.69, 9.17) is 4.74 Å². The molecule has 3 aliphatic rings. The maximum atomic E-state index is 13.1. The van der Waals surface area contributed by atoms with Gasteiger partial charge in [-0.1, -0.05) is 37.6 Å². The molecule has 2 heterocycles. The van der Waals surface area contributed by atoms with Gasteiger partial charge >= 0.3 is 0 Å². The predicted molar refractivity (Wildman–Crippen MR) is 109 cm³/mol. The highest BCUT2D eigenvalue weighted by Gasteiger charge is 2.39. The highest BCUT2D eigenvalue weighted by Crippen LogP contribution is 2.35. The molecule has 0 bridgehead atoms. The highest BCUT2D eigenvalue weighted by atomic mass is 16.5. The maximum absolute atomic E-state index is 13.1. The van der Waals surface area contributed by atoms with E-state index in [1.165, 1.54) is 18.9 Å². The van der Waals surface area contributed by atoms with E-state index in [0.717, 1.165) is 26.1 Å². The van der Waals surface area contributed by atoms with Crippen molar-refractivity contribution in [2.45, 2.75) is 38.7 Å². The minimum atomic E-state index is -0.580. The second-order valence-corrected chi connectivity index (χ2v) is 7.74. The number of Topliss-reactive ketones (excluding diaryl/α,β-unsaturated/α-hetero) is 2. The monoisotopic (exact) mass is 394 g/mol. The van der Waals surface area contributed by atoms with Crippen LogP contribution in [0.4, 0.5) is 0 Å².